The van der Waals surface area contributed by atoms with E-state index in [1.165, 1.54) is 24.3 Å². The fourth-order valence-electron chi connectivity index (χ4n) is 1.77. The average Bonchev–Trinajstić information content (AvgIpc) is 2.25. The molecule has 2 heteroatoms. The van der Waals surface area contributed by atoms with Crippen LogP contribution in [0.4, 0.5) is 8.78 Å². The minimum atomic E-state index is -0.302. The van der Waals surface area contributed by atoms with Crippen LogP contribution in [0.15, 0.2) is 36.4 Å². The van der Waals surface area contributed by atoms with E-state index in [-0.39, 0.29) is 11.6 Å². The summed E-state index contributed by atoms with van der Waals surface area (Å²) in [7, 11) is 0. The second kappa shape index (κ2) is 4.05. The largest absolute Gasteiger partial charge is 0.207 e. The van der Waals surface area contributed by atoms with Crippen molar-refractivity contribution in [2.45, 2.75) is 13.8 Å². The first-order valence-corrected chi connectivity index (χ1v) is 5.10. The number of aryl methyl sites for hydroxylation is 2. The molecule has 0 aliphatic heterocycles. The van der Waals surface area contributed by atoms with Gasteiger partial charge in [-0.1, -0.05) is 12.1 Å². The third kappa shape index (κ3) is 1.96. The quantitative estimate of drug-likeness (QED) is 0.671. The van der Waals surface area contributed by atoms with E-state index in [0.29, 0.717) is 0 Å². The number of halogens is 2. The van der Waals surface area contributed by atoms with E-state index in [9.17, 15) is 8.78 Å². The Labute approximate surface area is 93.5 Å². The maximum Gasteiger partial charge on any atom is 0.123 e. The van der Waals surface area contributed by atoms with E-state index in [4.69, 9.17) is 0 Å². The van der Waals surface area contributed by atoms with Crippen LogP contribution < -0.4 is 0 Å². The van der Waals surface area contributed by atoms with Gasteiger partial charge in [0.1, 0.15) is 11.6 Å². The van der Waals surface area contributed by atoms with Crippen molar-refractivity contribution in [3.05, 3.63) is 59.2 Å². The molecule has 0 saturated carbocycles. The molecule has 0 heterocycles. The van der Waals surface area contributed by atoms with Crippen LogP contribution in [0.1, 0.15) is 11.1 Å². The van der Waals surface area contributed by atoms with Crippen LogP contribution in [0.3, 0.4) is 0 Å². The molecular weight excluding hydrogens is 206 g/mol. The van der Waals surface area contributed by atoms with Gasteiger partial charge in [-0.25, -0.2) is 8.78 Å². The van der Waals surface area contributed by atoms with E-state index in [2.05, 4.69) is 0 Å². The SMILES string of the molecule is Cc1ccc(F)cc1-c1cc(F)ccc1C. The molecule has 0 aliphatic rings. The number of hydrogen-bond donors (Lipinski definition) is 0. The second-order valence-electron chi connectivity index (χ2n) is 3.92. The van der Waals surface area contributed by atoms with Gasteiger partial charge >= 0.3 is 0 Å². The van der Waals surface area contributed by atoms with Crippen LogP contribution >= 0.6 is 0 Å². The van der Waals surface area contributed by atoms with Gasteiger partial charge in [-0.15, -0.1) is 0 Å². The van der Waals surface area contributed by atoms with Crippen molar-refractivity contribution in [2.75, 3.05) is 0 Å². The first-order chi connectivity index (χ1) is 7.58. The Balaban J connectivity index is 2.66. The van der Waals surface area contributed by atoms with Gasteiger partial charge in [0.05, 0.1) is 0 Å². The normalized spacial score (nSPS) is 10.5. The molecule has 0 saturated heterocycles. The Kier molecular flexibility index (Phi) is 2.73. The van der Waals surface area contributed by atoms with Crippen LogP contribution in [0, 0.1) is 25.5 Å². The minimum Gasteiger partial charge on any atom is -0.207 e. The highest BCUT2D eigenvalue weighted by Crippen LogP contribution is 2.27. The Morgan fingerprint density at radius 3 is 1.44 bits per heavy atom. The summed E-state index contributed by atoms with van der Waals surface area (Å²) in [6, 6.07) is 9.11. The lowest BCUT2D eigenvalue weighted by Crippen LogP contribution is -1.89. The molecule has 0 nitrogen and oxygen atoms in total. The van der Waals surface area contributed by atoms with Crippen molar-refractivity contribution in [2.24, 2.45) is 0 Å². The van der Waals surface area contributed by atoms with Gasteiger partial charge in [-0.2, -0.15) is 0 Å². The highest BCUT2D eigenvalue weighted by Gasteiger charge is 2.07. The molecule has 0 aromatic heterocycles. The van der Waals surface area contributed by atoms with Crippen molar-refractivity contribution in [1.82, 2.24) is 0 Å². The van der Waals surface area contributed by atoms with Gasteiger partial charge < -0.3 is 0 Å². The molecule has 0 amide bonds. The molecule has 0 radical (unpaired) electrons. The van der Waals surface area contributed by atoms with E-state index < -0.39 is 0 Å². The molecule has 0 bridgehead atoms. The van der Waals surface area contributed by atoms with E-state index in [1.807, 2.05) is 13.8 Å². The molecule has 2 aromatic rings. The van der Waals surface area contributed by atoms with Gasteiger partial charge in [0.15, 0.2) is 0 Å². The standard InChI is InChI=1S/C14H12F2/c1-9-3-5-11(15)7-13(9)14-8-12(16)6-4-10(14)2/h3-8H,1-2H3. The van der Waals surface area contributed by atoms with E-state index in [1.54, 1.807) is 12.1 Å². The molecule has 0 unspecified atom stereocenters. The minimum absolute atomic E-state index is 0.302. The molecule has 82 valence electrons. The number of rotatable bonds is 1. The summed E-state index contributed by atoms with van der Waals surface area (Å²) in [5.41, 5.74) is 3.37. The molecule has 2 rings (SSSR count). The molecule has 0 fully saturated rings. The Hall–Kier alpha value is -1.70. The smallest absolute Gasteiger partial charge is 0.123 e. The van der Waals surface area contributed by atoms with E-state index in [0.717, 1.165) is 22.3 Å². The maximum atomic E-state index is 13.2. The first kappa shape index (κ1) is 10.8. The zero-order chi connectivity index (χ0) is 11.7. The molecule has 0 N–H and O–H groups in total. The van der Waals surface area contributed by atoms with Crippen molar-refractivity contribution in [3.63, 3.8) is 0 Å². The summed E-state index contributed by atoms with van der Waals surface area (Å²) in [5, 5.41) is 0. The van der Waals surface area contributed by atoms with Crippen molar-refractivity contribution in [1.29, 1.82) is 0 Å². The Morgan fingerprint density at radius 1 is 0.688 bits per heavy atom. The predicted octanol–water partition coefficient (Wildman–Crippen LogP) is 4.25. The second-order valence-corrected chi connectivity index (χ2v) is 3.92. The summed E-state index contributed by atoms with van der Waals surface area (Å²) in [6.07, 6.45) is 0. The monoisotopic (exact) mass is 218 g/mol. The number of hydrogen-bond acceptors (Lipinski definition) is 0. The fraction of sp³-hybridized carbons (Fsp3) is 0.143. The maximum absolute atomic E-state index is 13.2. The molecule has 16 heavy (non-hydrogen) atoms. The summed E-state index contributed by atoms with van der Waals surface area (Å²) in [6.45, 7) is 3.78. The summed E-state index contributed by atoms with van der Waals surface area (Å²) >= 11 is 0. The lowest BCUT2D eigenvalue weighted by molar-refractivity contribution is 0.625. The predicted molar refractivity (Wildman–Crippen MR) is 61.3 cm³/mol. The number of benzene rings is 2. The van der Waals surface area contributed by atoms with Crippen LogP contribution in [0.2, 0.25) is 0 Å². The molecule has 0 spiro atoms. The molecule has 0 aliphatic carbocycles. The lowest BCUT2D eigenvalue weighted by atomic mass is 9.96. The molecule has 0 atom stereocenters. The van der Waals surface area contributed by atoms with Crippen LogP contribution in [0.25, 0.3) is 11.1 Å². The summed E-state index contributed by atoms with van der Waals surface area (Å²) in [4.78, 5) is 0. The van der Waals surface area contributed by atoms with Crippen LogP contribution in [0.5, 0.6) is 0 Å². The van der Waals surface area contributed by atoms with Gasteiger partial charge in [0.2, 0.25) is 0 Å². The third-order valence-corrected chi connectivity index (χ3v) is 2.69. The van der Waals surface area contributed by atoms with Crippen molar-refractivity contribution < 1.29 is 8.78 Å². The topological polar surface area (TPSA) is 0 Å². The van der Waals surface area contributed by atoms with Crippen molar-refractivity contribution in [3.8, 4) is 11.1 Å². The zero-order valence-electron chi connectivity index (χ0n) is 9.22. The Morgan fingerprint density at radius 2 is 1.06 bits per heavy atom. The first-order valence-electron chi connectivity index (χ1n) is 5.10. The van der Waals surface area contributed by atoms with E-state index >= 15 is 0 Å². The summed E-state index contributed by atoms with van der Waals surface area (Å²) in [5.74, 6) is -0.603. The molecule has 2 aromatic carbocycles. The highest BCUT2D eigenvalue weighted by atomic mass is 19.1. The zero-order valence-corrected chi connectivity index (χ0v) is 9.22. The fourth-order valence-corrected chi connectivity index (χ4v) is 1.77. The average molecular weight is 218 g/mol. The van der Waals surface area contributed by atoms with Gasteiger partial charge in [-0.05, 0) is 60.4 Å². The van der Waals surface area contributed by atoms with Crippen LogP contribution in [-0.2, 0) is 0 Å². The van der Waals surface area contributed by atoms with Crippen molar-refractivity contribution >= 4 is 0 Å². The Bertz CT molecular complexity index is 481. The molecular formula is C14H12F2. The van der Waals surface area contributed by atoms with Crippen LogP contribution in [-0.4, -0.2) is 0 Å². The van der Waals surface area contributed by atoms with Gasteiger partial charge in [0, 0.05) is 0 Å². The highest BCUT2D eigenvalue weighted by molar-refractivity contribution is 5.70. The third-order valence-electron chi connectivity index (χ3n) is 2.69. The van der Waals surface area contributed by atoms with Gasteiger partial charge in [-0.3, -0.25) is 0 Å². The summed E-state index contributed by atoms with van der Waals surface area (Å²) < 4.78 is 26.3. The lowest BCUT2D eigenvalue weighted by Gasteiger charge is -2.09. The van der Waals surface area contributed by atoms with Gasteiger partial charge in [0.25, 0.3) is 0 Å².